The molecular formula is C8H8F5OPS3. The van der Waals surface area contributed by atoms with E-state index in [2.05, 4.69) is 12.6 Å². The molecule has 0 saturated carbocycles. The molecule has 0 amide bonds. The monoisotopic (exact) mass is 342 g/mol. The van der Waals surface area contributed by atoms with Crippen molar-refractivity contribution in [2.75, 3.05) is 12.4 Å². The third-order valence-electron chi connectivity index (χ3n) is 1.48. The zero-order valence-electron chi connectivity index (χ0n) is 8.59. The lowest BCUT2D eigenvalue weighted by molar-refractivity contribution is 0.323. The third-order valence-corrected chi connectivity index (χ3v) is 3.67. The fourth-order valence-electron chi connectivity index (χ4n) is 0.766. The SMILES string of the molecule is FSc1c(F)c(F)c(F)c(F)c1SP.OCCS. The van der Waals surface area contributed by atoms with Gasteiger partial charge in [-0.2, -0.15) is 16.5 Å². The lowest BCUT2D eigenvalue weighted by Crippen LogP contribution is -2.00. The van der Waals surface area contributed by atoms with Crippen LogP contribution in [0.25, 0.3) is 0 Å². The van der Waals surface area contributed by atoms with Crippen LogP contribution < -0.4 is 0 Å². The number of hydrogen-bond donors (Lipinski definition) is 2. The molecule has 0 aliphatic heterocycles. The summed E-state index contributed by atoms with van der Waals surface area (Å²) in [5.41, 5.74) is 0. The van der Waals surface area contributed by atoms with Crippen LogP contribution in [0.2, 0.25) is 0 Å². The maximum atomic E-state index is 12.9. The lowest BCUT2D eigenvalue weighted by Gasteiger charge is -2.06. The van der Waals surface area contributed by atoms with Gasteiger partial charge in [-0.3, -0.25) is 0 Å². The van der Waals surface area contributed by atoms with Crippen molar-refractivity contribution in [1.29, 1.82) is 0 Å². The Kier molecular flexibility index (Phi) is 9.41. The second-order valence-corrected chi connectivity index (χ2v) is 4.92. The summed E-state index contributed by atoms with van der Waals surface area (Å²) in [4.78, 5) is -1.50. The fourth-order valence-corrected chi connectivity index (χ4v) is 2.63. The molecular weight excluding hydrogens is 334 g/mol. The predicted octanol–water partition coefficient (Wildman–Crippen LogP) is 4.01. The van der Waals surface area contributed by atoms with E-state index in [9.17, 15) is 21.4 Å². The molecule has 0 radical (unpaired) electrons. The molecule has 0 bridgehead atoms. The van der Waals surface area contributed by atoms with E-state index in [0.717, 1.165) is 0 Å². The Morgan fingerprint density at radius 2 is 1.39 bits per heavy atom. The molecule has 0 aromatic heterocycles. The van der Waals surface area contributed by atoms with Crippen molar-refractivity contribution >= 4 is 44.6 Å². The molecule has 1 atom stereocenters. The van der Waals surface area contributed by atoms with E-state index < -0.39 is 45.2 Å². The van der Waals surface area contributed by atoms with E-state index in [1.807, 2.05) is 8.44 Å². The minimum Gasteiger partial charge on any atom is -0.396 e. The Balaban J connectivity index is 0.000000631. The first kappa shape index (κ1) is 18.3. The van der Waals surface area contributed by atoms with Gasteiger partial charge in [-0.15, -0.1) is 11.4 Å². The predicted molar refractivity (Wildman–Crippen MR) is 69.7 cm³/mol. The first-order chi connectivity index (χ1) is 8.45. The number of halogens is 5. The summed E-state index contributed by atoms with van der Waals surface area (Å²) < 4.78 is 63.0. The summed E-state index contributed by atoms with van der Waals surface area (Å²) in [7, 11) is 1.89. The van der Waals surface area contributed by atoms with Gasteiger partial charge in [0.2, 0.25) is 0 Å². The van der Waals surface area contributed by atoms with E-state index in [-0.39, 0.29) is 6.61 Å². The van der Waals surface area contributed by atoms with Gasteiger partial charge in [0.1, 0.15) is 0 Å². The average molecular weight is 342 g/mol. The minimum absolute atomic E-state index is 0.184. The maximum absolute atomic E-state index is 12.9. The first-order valence-electron chi connectivity index (χ1n) is 4.19. The average Bonchev–Trinajstić information content (AvgIpc) is 2.40. The van der Waals surface area contributed by atoms with Gasteiger partial charge in [0, 0.05) is 5.75 Å². The number of aliphatic hydroxyl groups excluding tert-OH is 1. The van der Waals surface area contributed by atoms with Gasteiger partial charge in [-0.25, -0.2) is 17.6 Å². The van der Waals surface area contributed by atoms with Crippen LogP contribution >= 0.6 is 44.6 Å². The number of benzene rings is 1. The molecule has 1 unspecified atom stereocenters. The zero-order valence-corrected chi connectivity index (χ0v) is 12.3. The van der Waals surface area contributed by atoms with Crippen molar-refractivity contribution in [3.8, 4) is 0 Å². The molecule has 10 heteroatoms. The number of thiol groups is 1. The Labute approximate surface area is 117 Å². The van der Waals surface area contributed by atoms with Crippen LogP contribution in [-0.2, 0) is 0 Å². The molecule has 18 heavy (non-hydrogen) atoms. The fraction of sp³-hybridized carbons (Fsp3) is 0.250. The normalized spacial score (nSPS) is 10.0. The highest BCUT2D eigenvalue weighted by molar-refractivity contribution is 8.43. The first-order valence-corrected chi connectivity index (χ1v) is 7.83. The molecule has 104 valence electrons. The molecule has 0 spiro atoms. The Hall–Kier alpha value is 0.310. The molecule has 1 N–H and O–H groups in total. The Morgan fingerprint density at radius 1 is 1.00 bits per heavy atom. The summed E-state index contributed by atoms with van der Waals surface area (Å²) in [5.74, 6) is -6.69. The Bertz CT molecular complexity index is 370. The summed E-state index contributed by atoms with van der Waals surface area (Å²) in [5, 5.41) is 7.80. The highest BCUT2D eigenvalue weighted by atomic mass is 32.7. The van der Waals surface area contributed by atoms with Crippen LogP contribution in [0, 0.1) is 23.3 Å². The van der Waals surface area contributed by atoms with E-state index in [1.54, 1.807) is 0 Å². The molecule has 0 saturated heterocycles. The number of rotatable bonds is 3. The molecule has 1 rings (SSSR count). The highest BCUT2D eigenvalue weighted by Gasteiger charge is 2.25. The lowest BCUT2D eigenvalue weighted by atomic mass is 10.3. The standard InChI is InChI=1S/C6H2F5PS2.C2H6OS/c7-1-2(8)4(10)6(14-12)5(13-11)3(1)9;3-1-2-4/h12H2;3-4H,1-2H2. The number of hydrogen-bond acceptors (Lipinski definition) is 4. The van der Waals surface area contributed by atoms with E-state index >= 15 is 0 Å². The molecule has 1 aromatic carbocycles. The molecule has 0 heterocycles. The van der Waals surface area contributed by atoms with Crippen LogP contribution in [0.5, 0.6) is 0 Å². The van der Waals surface area contributed by atoms with Crippen molar-refractivity contribution in [2.24, 2.45) is 0 Å². The molecule has 1 nitrogen and oxygen atoms in total. The van der Waals surface area contributed by atoms with Gasteiger partial charge in [-0.1, -0.05) is 8.44 Å². The van der Waals surface area contributed by atoms with Gasteiger partial charge in [0.15, 0.2) is 23.3 Å². The van der Waals surface area contributed by atoms with E-state index in [0.29, 0.717) is 17.1 Å². The topological polar surface area (TPSA) is 20.2 Å². The summed E-state index contributed by atoms with van der Waals surface area (Å²) >= 11 is 3.52. The van der Waals surface area contributed by atoms with Crippen LogP contribution in [0.15, 0.2) is 9.79 Å². The summed E-state index contributed by atoms with van der Waals surface area (Å²) in [6.45, 7) is 0.184. The van der Waals surface area contributed by atoms with Gasteiger partial charge in [0.05, 0.1) is 28.5 Å². The minimum atomic E-state index is -2.01. The molecule has 1 aromatic rings. The molecule has 0 fully saturated rings. The van der Waals surface area contributed by atoms with E-state index in [4.69, 9.17) is 5.11 Å². The van der Waals surface area contributed by atoms with Gasteiger partial charge in [0.25, 0.3) is 0 Å². The van der Waals surface area contributed by atoms with Crippen LogP contribution in [0.1, 0.15) is 0 Å². The second-order valence-electron chi connectivity index (χ2n) is 2.56. The van der Waals surface area contributed by atoms with E-state index in [1.165, 1.54) is 0 Å². The van der Waals surface area contributed by atoms with Crippen molar-refractivity contribution in [3.05, 3.63) is 23.3 Å². The van der Waals surface area contributed by atoms with Crippen molar-refractivity contribution in [1.82, 2.24) is 0 Å². The van der Waals surface area contributed by atoms with Crippen molar-refractivity contribution < 1.29 is 26.6 Å². The summed E-state index contributed by atoms with van der Waals surface area (Å²) in [6.07, 6.45) is 0. The molecule has 0 aliphatic carbocycles. The van der Waals surface area contributed by atoms with Crippen molar-refractivity contribution in [2.45, 2.75) is 9.79 Å². The third kappa shape index (κ3) is 4.45. The zero-order chi connectivity index (χ0) is 14.3. The molecule has 0 aliphatic rings. The number of aliphatic hydroxyl groups is 1. The van der Waals surface area contributed by atoms with Gasteiger partial charge >= 0.3 is 0 Å². The second kappa shape index (κ2) is 9.25. The van der Waals surface area contributed by atoms with Crippen LogP contribution in [0.3, 0.4) is 0 Å². The van der Waals surface area contributed by atoms with Crippen LogP contribution in [-0.4, -0.2) is 17.5 Å². The van der Waals surface area contributed by atoms with Crippen LogP contribution in [0.4, 0.5) is 21.4 Å². The van der Waals surface area contributed by atoms with Crippen molar-refractivity contribution in [3.63, 3.8) is 0 Å². The highest BCUT2D eigenvalue weighted by Crippen LogP contribution is 2.40. The summed E-state index contributed by atoms with van der Waals surface area (Å²) in [6, 6.07) is 0. The Morgan fingerprint density at radius 3 is 1.67 bits per heavy atom. The van der Waals surface area contributed by atoms with Gasteiger partial charge in [-0.05, 0) is 0 Å². The quantitative estimate of drug-likeness (QED) is 0.285. The smallest absolute Gasteiger partial charge is 0.198 e. The van der Waals surface area contributed by atoms with Gasteiger partial charge < -0.3 is 5.11 Å². The maximum Gasteiger partial charge on any atom is 0.198 e. The largest absolute Gasteiger partial charge is 0.396 e.